The molecule has 0 radical (unpaired) electrons. The zero-order valence-corrected chi connectivity index (χ0v) is 23.0. The van der Waals surface area contributed by atoms with Crippen molar-refractivity contribution in [1.82, 2.24) is 4.31 Å². The molecule has 3 aromatic rings. The molecule has 10 nitrogen and oxygen atoms in total. The third-order valence-corrected chi connectivity index (χ3v) is 9.75. The summed E-state index contributed by atoms with van der Waals surface area (Å²) in [6.07, 6.45) is 0. The average molecular weight is 578 g/mol. The molecular weight excluding hydrogens is 549 g/mol. The van der Waals surface area contributed by atoms with Crippen LogP contribution < -0.4 is 14.4 Å². The monoisotopic (exact) mass is 577 g/mol. The van der Waals surface area contributed by atoms with E-state index in [9.17, 15) is 26.0 Å². The number of carbonyl (C=O) groups excluding carboxylic acids is 1. The Kier molecular flexibility index (Phi) is 8.54. The van der Waals surface area contributed by atoms with E-state index in [-0.39, 0.29) is 53.2 Å². The maximum absolute atomic E-state index is 13.6. The molecule has 1 fully saturated rings. The van der Waals surface area contributed by atoms with Gasteiger partial charge in [-0.3, -0.25) is 9.10 Å². The minimum absolute atomic E-state index is 0.0476. The standard InChI is InChI=1S/C26H28FN3O7S2/c1-19-3-10-23(11-4-19)38(32,33)30(22-8-5-20(27)6-9-22)18-26(31)28-21-7-12-24(36-2)25(17-21)39(34,35)29-13-15-37-16-14-29/h3-12,17H,13-16,18H2,1-2H3,(H,28,31). The molecule has 1 saturated heterocycles. The highest BCUT2D eigenvalue weighted by Gasteiger charge is 2.31. The molecule has 1 N–H and O–H groups in total. The zero-order chi connectivity index (χ0) is 28.2. The Morgan fingerprint density at radius 3 is 2.26 bits per heavy atom. The van der Waals surface area contributed by atoms with Gasteiger partial charge in [0.2, 0.25) is 15.9 Å². The summed E-state index contributed by atoms with van der Waals surface area (Å²) in [5, 5.41) is 2.57. The smallest absolute Gasteiger partial charge is 0.264 e. The summed E-state index contributed by atoms with van der Waals surface area (Å²) in [7, 11) is -6.84. The number of halogens is 1. The number of ether oxygens (including phenoxy) is 2. The number of aryl methyl sites for hydroxylation is 1. The second kappa shape index (κ2) is 11.7. The molecule has 0 saturated carbocycles. The minimum Gasteiger partial charge on any atom is -0.495 e. The van der Waals surface area contributed by atoms with Crippen molar-refractivity contribution in [2.24, 2.45) is 0 Å². The molecule has 1 heterocycles. The van der Waals surface area contributed by atoms with Gasteiger partial charge in [0.15, 0.2) is 0 Å². The second-order valence-electron chi connectivity index (χ2n) is 8.73. The maximum atomic E-state index is 13.6. The first-order chi connectivity index (χ1) is 18.5. The van der Waals surface area contributed by atoms with Crippen LogP contribution in [0.1, 0.15) is 5.56 Å². The predicted octanol–water partition coefficient (Wildman–Crippen LogP) is 3.00. The van der Waals surface area contributed by atoms with Gasteiger partial charge in [0.1, 0.15) is 23.0 Å². The SMILES string of the molecule is COc1ccc(NC(=O)CN(c2ccc(F)cc2)S(=O)(=O)c2ccc(C)cc2)cc1S(=O)(=O)N1CCOCC1. The van der Waals surface area contributed by atoms with Crippen LogP contribution in [0, 0.1) is 12.7 Å². The molecule has 4 rings (SSSR count). The molecule has 3 aromatic carbocycles. The minimum atomic E-state index is -4.21. The van der Waals surface area contributed by atoms with Gasteiger partial charge in [0, 0.05) is 18.8 Å². The van der Waals surface area contributed by atoms with Crippen molar-refractivity contribution in [3.63, 3.8) is 0 Å². The van der Waals surface area contributed by atoms with E-state index >= 15 is 0 Å². The summed E-state index contributed by atoms with van der Waals surface area (Å²) in [6.45, 7) is 2.01. The van der Waals surface area contributed by atoms with Gasteiger partial charge in [-0.2, -0.15) is 4.31 Å². The fraction of sp³-hybridized carbons (Fsp3) is 0.269. The van der Waals surface area contributed by atoms with Crippen LogP contribution in [0.15, 0.2) is 76.5 Å². The third kappa shape index (κ3) is 6.38. The lowest BCUT2D eigenvalue weighted by Gasteiger charge is -2.27. The van der Waals surface area contributed by atoms with Gasteiger partial charge in [-0.15, -0.1) is 0 Å². The van der Waals surface area contributed by atoms with E-state index in [1.54, 1.807) is 12.1 Å². The van der Waals surface area contributed by atoms with E-state index in [0.717, 1.165) is 22.0 Å². The molecule has 0 bridgehead atoms. The topological polar surface area (TPSA) is 122 Å². The van der Waals surface area contributed by atoms with E-state index in [1.807, 2.05) is 6.92 Å². The fourth-order valence-electron chi connectivity index (χ4n) is 3.97. The Labute approximate surface area is 227 Å². The molecule has 1 amide bonds. The van der Waals surface area contributed by atoms with Crippen molar-refractivity contribution in [1.29, 1.82) is 0 Å². The molecule has 0 aromatic heterocycles. The second-order valence-corrected chi connectivity index (χ2v) is 12.5. The van der Waals surface area contributed by atoms with E-state index in [0.29, 0.717) is 0 Å². The van der Waals surface area contributed by atoms with Crippen LogP contribution in [0.3, 0.4) is 0 Å². The summed E-state index contributed by atoms with van der Waals surface area (Å²) in [5.41, 5.74) is 1.05. The van der Waals surface area contributed by atoms with Crippen molar-refractivity contribution < 1.29 is 35.5 Å². The van der Waals surface area contributed by atoms with Crippen LogP contribution in [-0.2, 0) is 29.6 Å². The third-order valence-electron chi connectivity index (χ3n) is 6.05. The van der Waals surface area contributed by atoms with Crippen molar-refractivity contribution in [2.75, 3.05) is 49.6 Å². The van der Waals surface area contributed by atoms with Crippen molar-refractivity contribution in [2.45, 2.75) is 16.7 Å². The molecule has 208 valence electrons. The highest BCUT2D eigenvalue weighted by molar-refractivity contribution is 7.92. The number of anilines is 2. The molecule has 0 unspecified atom stereocenters. The van der Waals surface area contributed by atoms with E-state index in [1.165, 1.54) is 53.9 Å². The van der Waals surface area contributed by atoms with E-state index in [2.05, 4.69) is 5.32 Å². The Morgan fingerprint density at radius 2 is 1.64 bits per heavy atom. The number of hydrogen-bond donors (Lipinski definition) is 1. The van der Waals surface area contributed by atoms with Crippen LogP contribution in [-0.4, -0.2) is 67.0 Å². The number of benzene rings is 3. The molecular formula is C26H28FN3O7S2. The highest BCUT2D eigenvalue weighted by Crippen LogP contribution is 2.30. The van der Waals surface area contributed by atoms with Gasteiger partial charge < -0.3 is 14.8 Å². The van der Waals surface area contributed by atoms with Gasteiger partial charge in [-0.05, 0) is 61.5 Å². The Bertz CT molecular complexity index is 1540. The number of nitrogens with zero attached hydrogens (tertiary/aromatic N) is 2. The number of rotatable bonds is 9. The summed E-state index contributed by atoms with van der Waals surface area (Å²) < 4.78 is 79.7. The van der Waals surface area contributed by atoms with Crippen molar-refractivity contribution in [3.05, 3.63) is 78.1 Å². The number of hydrogen-bond acceptors (Lipinski definition) is 7. The van der Waals surface area contributed by atoms with E-state index in [4.69, 9.17) is 9.47 Å². The lowest BCUT2D eigenvalue weighted by molar-refractivity contribution is -0.114. The first kappa shape index (κ1) is 28.5. The van der Waals surface area contributed by atoms with Crippen molar-refractivity contribution in [3.8, 4) is 5.75 Å². The molecule has 1 aliphatic rings. The Hall–Kier alpha value is -3.52. The molecule has 0 aliphatic carbocycles. The average Bonchev–Trinajstić information content (AvgIpc) is 2.93. The summed E-state index contributed by atoms with van der Waals surface area (Å²) >= 11 is 0. The summed E-state index contributed by atoms with van der Waals surface area (Å²) in [5.74, 6) is -1.22. The van der Waals surface area contributed by atoms with Gasteiger partial charge in [-0.25, -0.2) is 21.2 Å². The van der Waals surface area contributed by atoms with Gasteiger partial charge in [-0.1, -0.05) is 17.7 Å². The zero-order valence-electron chi connectivity index (χ0n) is 21.3. The lowest BCUT2D eigenvalue weighted by Crippen LogP contribution is -2.40. The molecule has 13 heteroatoms. The molecule has 0 atom stereocenters. The Morgan fingerprint density at radius 1 is 1.00 bits per heavy atom. The van der Waals surface area contributed by atoms with Crippen LogP contribution in [0.2, 0.25) is 0 Å². The van der Waals surface area contributed by atoms with Crippen molar-refractivity contribution >= 4 is 37.3 Å². The number of nitrogens with one attached hydrogen (secondary N) is 1. The Balaban J connectivity index is 1.63. The molecule has 1 aliphatic heterocycles. The van der Waals surface area contributed by atoms with Crippen LogP contribution in [0.25, 0.3) is 0 Å². The van der Waals surface area contributed by atoms with Crippen LogP contribution >= 0.6 is 0 Å². The van der Waals surface area contributed by atoms with Crippen LogP contribution in [0.5, 0.6) is 5.75 Å². The summed E-state index contributed by atoms with van der Waals surface area (Å²) in [6, 6.07) is 14.9. The quantitative estimate of drug-likeness (QED) is 0.415. The fourth-order valence-corrected chi connectivity index (χ4v) is 6.98. The number of morpholine rings is 1. The molecule has 39 heavy (non-hydrogen) atoms. The van der Waals surface area contributed by atoms with E-state index < -0.39 is 38.3 Å². The normalized spacial score (nSPS) is 14.5. The van der Waals surface area contributed by atoms with Gasteiger partial charge in [0.25, 0.3) is 10.0 Å². The first-order valence-electron chi connectivity index (χ1n) is 11.9. The lowest BCUT2D eigenvalue weighted by atomic mass is 10.2. The first-order valence-corrected chi connectivity index (χ1v) is 14.8. The number of amides is 1. The van der Waals surface area contributed by atoms with Gasteiger partial charge in [0.05, 0.1) is 30.9 Å². The molecule has 0 spiro atoms. The number of sulfonamides is 2. The predicted molar refractivity (Wildman–Crippen MR) is 143 cm³/mol. The number of methoxy groups -OCH3 is 1. The maximum Gasteiger partial charge on any atom is 0.264 e. The number of carbonyl (C=O) groups is 1. The van der Waals surface area contributed by atoms with Gasteiger partial charge >= 0.3 is 0 Å². The van der Waals surface area contributed by atoms with Crippen LogP contribution in [0.4, 0.5) is 15.8 Å². The largest absolute Gasteiger partial charge is 0.495 e. The highest BCUT2D eigenvalue weighted by atomic mass is 32.2. The summed E-state index contributed by atoms with van der Waals surface area (Å²) in [4.78, 5) is 12.9.